The van der Waals surface area contributed by atoms with E-state index in [9.17, 15) is 0 Å². The Hall–Kier alpha value is -1.77. The number of hydrogen-bond donors (Lipinski definition) is 2. The Balaban J connectivity index is 0.00000280. The number of pyridine rings is 1. The van der Waals surface area contributed by atoms with Gasteiger partial charge in [-0.2, -0.15) is 0 Å². The molecule has 0 unspecified atom stereocenters. The van der Waals surface area contributed by atoms with Crippen LogP contribution in [0.4, 0.5) is 0 Å². The second-order valence-corrected chi connectivity index (χ2v) is 7.47. The van der Waals surface area contributed by atoms with Crippen molar-refractivity contribution in [3.8, 4) is 5.88 Å². The van der Waals surface area contributed by atoms with E-state index in [4.69, 9.17) is 4.74 Å². The zero-order valence-electron chi connectivity index (χ0n) is 17.0. The van der Waals surface area contributed by atoms with Crippen LogP contribution >= 0.6 is 24.0 Å². The molecular weight excluding hydrogens is 465 g/mol. The Labute approximate surface area is 185 Å². The molecule has 2 aromatic rings. The molecule has 2 heterocycles. The van der Waals surface area contributed by atoms with Crippen LogP contribution in [0.5, 0.6) is 5.88 Å². The second-order valence-electron chi connectivity index (χ2n) is 7.47. The fourth-order valence-corrected chi connectivity index (χ4v) is 3.40. The minimum absolute atomic E-state index is 0. The van der Waals surface area contributed by atoms with Gasteiger partial charge in [0.25, 0.3) is 0 Å². The number of halogens is 1. The number of nitrogens with one attached hydrogen (secondary N) is 2. The first-order chi connectivity index (χ1) is 13.1. The number of nitrogens with zero attached hydrogens (tertiary/aromatic N) is 3. The molecule has 0 radical (unpaired) electrons. The molecule has 3 rings (SSSR count). The molecule has 0 amide bonds. The number of ether oxygens (including phenoxy) is 1. The Morgan fingerprint density at radius 2 is 1.89 bits per heavy atom. The number of aromatic nitrogens is 2. The fraction of sp³-hybridized carbons (Fsp3) is 0.524. The van der Waals surface area contributed by atoms with E-state index >= 15 is 0 Å². The monoisotopic (exact) mass is 497 g/mol. The highest BCUT2D eigenvalue weighted by atomic mass is 127. The molecule has 6 nitrogen and oxygen atoms in total. The van der Waals surface area contributed by atoms with Crippen molar-refractivity contribution in [1.82, 2.24) is 20.2 Å². The molecule has 0 saturated heterocycles. The lowest BCUT2D eigenvalue weighted by Gasteiger charge is -2.26. The molecule has 0 atom stereocenters. The third kappa shape index (κ3) is 7.00. The van der Waals surface area contributed by atoms with Crippen LogP contribution in [0.25, 0.3) is 0 Å². The third-order valence-electron chi connectivity index (χ3n) is 5.09. The highest BCUT2D eigenvalue weighted by molar-refractivity contribution is 14.0. The van der Waals surface area contributed by atoms with E-state index in [0.29, 0.717) is 12.6 Å². The van der Waals surface area contributed by atoms with Gasteiger partial charge in [-0.05, 0) is 54.9 Å². The van der Waals surface area contributed by atoms with Gasteiger partial charge in [-0.25, -0.2) is 4.98 Å². The molecule has 0 bridgehead atoms. The number of aliphatic imine (C=N–C) groups is 1. The maximum Gasteiger partial charge on any atom is 0.213 e. The molecule has 7 heteroatoms. The van der Waals surface area contributed by atoms with Crippen molar-refractivity contribution in [3.63, 3.8) is 0 Å². The summed E-state index contributed by atoms with van der Waals surface area (Å²) in [6, 6.07) is 6.13. The molecule has 1 saturated carbocycles. The van der Waals surface area contributed by atoms with Crippen molar-refractivity contribution >= 4 is 29.9 Å². The minimum atomic E-state index is 0. The molecular formula is C21H32IN5O. The van der Waals surface area contributed by atoms with Crippen LogP contribution in [0, 0.1) is 5.92 Å². The van der Waals surface area contributed by atoms with Crippen LogP contribution in [0.3, 0.4) is 0 Å². The quantitative estimate of drug-likeness (QED) is 0.362. The van der Waals surface area contributed by atoms with Crippen molar-refractivity contribution in [2.45, 2.75) is 51.8 Å². The van der Waals surface area contributed by atoms with Crippen molar-refractivity contribution < 1.29 is 4.74 Å². The molecule has 0 spiro atoms. The summed E-state index contributed by atoms with van der Waals surface area (Å²) in [5.74, 6) is 2.32. The number of guanidine groups is 1. The Kier molecular flexibility index (Phi) is 9.08. The first kappa shape index (κ1) is 22.5. The zero-order chi connectivity index (χ0) is 19.1. The van der Waals surface area contributed by atoms with E-state index in [1.807, 2.05) is 36.1 Å². The van der Waals surface area contributed by atoms with Gasteiger partial charge in [0.05, 0.1) is 0 Å². The summed E-state index contributed by atoms with van der Waals surface area (Å²) in [6.45, 7) is 3.74. The lowest BCUT2D eigenvalue weighted by Crippen LogP contribution is -2.36. The van der Waals surface area contributed by atoms with E-state index in [2.05, 4.69) is 39.8 Å². The van der Waals surface area contributed by atoms with Gasteiger partial charge in [-0.15, -0.1) is 24.0 Å². The Bertz CT molecular complexity index is 753. The van der Waals surface area contributed by atoms with Crippen LogP contribution in [-0.4, -0.2) is 28.7 Å². The van der Waals surface area contributed by atoms with Gasteiger partial charge in [0.1, 0.15) is 6.10 Å². The molecule has 2 N–H and O–H groups in total. The third-order valence-corrected chi connectivity index (χ3v) is 5.09. The standard InChI is InChI=1S/C21H31N5O.HI/c1-16-4-6-19(7-5-16)27-20-12-17(8-10-23-20)13-24-21(22-2)25-14-18-9-11-26(3)15-18;/h8-12,15-16,19H,4-7,13-14H2,1-3H3,(H2,22,24,25);1H. The molecule has 154 valence electrons. The van der Waals surface area contributed by atoms with E-state index in [1.165, 1.54) is 18.4 Å². The summed E-state index contributed by atoms with van der Waals surface area (Å²) in [5, 5.41) is 6.68. The fourth-order valence-electron chi connectivity index (χ4n) is 3.40. The summed E-state index contributed by atoms with van der Waals surface area (Å²) in [7, 11) is 3.80. The SMILES string of the molecule is CN=C(NCc1ccnc(OC2CCC(C)CC2)c1)NCc1ccn(C)c1.I. The van der Waals surface area contributed by atoms with Gasteiger partial charge in [-0.1, -0.05) is 6.92 Å². The van der Waals surface area contributed by atoms with Crippen molar-refractivity contribution in [1.29, 1.82) is 0 Å². The lowest BCUT2D eigenvalue weighted by molar-refractivity contribution is 0.130. The van der Waals surface area contributed by atoms with Gasteiger partial charge >= 0.3 is 0 Å². The molecule has 2 aromatic heterocycles. The zero-order valence-corrected chi connectivity index (χ0v) is 19.3. The second kappa shape index (κ2) is 11.3. The summed E-state index contributed by atoms with van der Waals surface area (Å²) < 4.78 is 8.14. The van der Waals surface area contributed by atoms with Crippen LogP contribution in [-0.2, 0) is 20.1 Å². The lowest BCUT2D eigenvalue weighted by atomic mass is 9.89. The average Bonchev–Trinajstić information content (AvgIpc) is 3.09. The Morgan fingerprint density at radius 1 is 1.18 bits per heavy atom. The first-order valence-corrected chi connectivity index (χ1v) is 9.79. The molecule has 0 aromatic carbocycles. The predicted molar refractivity (Wildman–Crippen MR) is 124 cm³/mol. The molecule has 1 aliphatic rings. The van der Waals surface area contributed by atoms with E-state index in [1.54, 1.807) is 7.05 Å². The molecule has 1 aliphatic carbocycles. The normalized spacial score (nSPS) is 19.6. The van der Waals surface area contributed by atoms with Crippen LogP contribution in [0.1, 0.15) is 43.7 Å². The van der Waals surface area contributed by atoms with Gasteiger partial charge in [0.2, 0.25) is 5.88 Å². The van der Waals surface area contributed by atoms with Gasteiger partial charge < -0.3 is 19.9 Å². The Morgan fingerprint density at radius 3 is 2.54 bits per heavy atom. The van der Waals surface area contributed by atoms with Gasteiger partial charge in [-0.3, -0.25) is 4.99 Å². The topological polar surface area (TPSA) is 63.5 Å². The smallest absolute Gasteiger partial charge is 0.213 e. The molecule has 28 heavy (non-hydrogen) atoms. The maximum absolute atomic E-state index is 6.10. The van der Waals surface area contributed by atoms with Crippen LogP contribution in [0.2, 0.25) is 0 Å². The first-order valence-electron chi connectivity index (χ1n) is 9.79. The van der Waals surface area contributed by atoms with Gasteiger partial charge in [0.15, 0.2) is 5.96 Å². The highest BCUT2D eigenvalue weighted by Gasteiger charge is 2.19. The van der Waals surface area contributed by atoms with E-state index in [-0.39, 0.29) is 24.0 Å². The summed E-state index contributed by atoms with van der Waals surface area (Å²) in [4.78, 5) is 8.67. The predicted octanol–water partition coefficient (Wildman–Crippen LogP) is 3.86. The largest absolute Gasteiger partial charge is 0.474 e. The molecule has 1 fully saturated rings. The number of rotatable bonds is 6. The minimum Gasteiger partial charge on any atom is -0.474 e. The van der Waals surface area contributed by atoms with Crippen LogP contribution in [0.15, 0.2) is 41.8 Å². The number of aryl methyl sites for hydroxylation is 1. The van der Waals surface area contributed by atoms with Crippen molar-refractivity contribution in [2.75, 3.05) is 7.05 Å². The molecule has 0 aliphatic heterocycles. The van der Waals surface area contributed by atoms with E-state index < -0.39 is 0 Å². The maximum atomic E-state index is 6.10. The van der Waals surface area contributed by atoms with Crippen molar-refractivity contribution in [3.05, 3.63) is 47.9 Å². The van der Waals surface area contributed by atoms with E-state index in [0.717, 1.165) is 42.7 Å². The van der Waals surface area contributed by atoms with Crippen molar-refractivity contribution in [2.24, 2.45) is 18.0 Å². The summed E-state index contributed by atoms with van der Waals surface area (Å²) in [6.07, 6.45) is 11.0. The number of hydrogen-bond acceptors (Lipinski definition) is 3. The highest BCUT2D eigenvalue weighted by Crippen LogP contribution is 2.26. The summed E-state index contributed by atoms with van der Waals surface area (Å²) >= 11 is 0. The van der Waals surface area contributed by atoms with Crippen LogP contribution < -0.4 is 15.4 Å². The average molecular weight is 497 g/mol. The summed E-state index contributed by atoms with van der Waals surface area (Å²) in [5.41, 5.74) is 2.36. The van der Waals surface area contributed by atoms with Gasteiger partial charge in [0, 0.05) is 51.8 Å².